The van der Waals surface area contributed by atoms with E-state index in [1.54, 1.807) is 0 Å². The molecule has 0 saturated heterocycles. The van der Waals surface area contributed by atoms with Crippen molar-refractivity contribution in [2.75, 3.05) is 0 Å². The van der Waals surface area contributed by atoms with Crippen molar-refractivity contribution in [3.05, 3.63) is 0 Å². The van der Waals surface area contributed by atoms with Crippen LogP contribution in [0.25, 0.3) is 0 Å². The van der Waals surface area contributed by atoms with E-state index in [0.29, 0.717) is 0 Å². The minimum atomic E-state index is -4.08. The molecular weight excluding hydrogens is 819 g/mol. The second-order valence-electron chi connectivity index (χ2n) is 1.00. The number of hydrogen-bond acceptors (Lipinski definition) is 12. The van der Waals surface area contributed by atoms with E-state index in [1.165, 1.54) is 0 Å². The van der Waals surface area contributed by atoms with E-state index in [9.17, 15) is 0 Å². The van der Waals surface area contributed by atoms with Crippen LogP contribution in [0.3, 0.4) is 0 Å². The third-order valence-electron chi connectivity index (χ3n) is 0. The van der Waals surface area contributed by atoms with Gasteiger partial charge in [-0.1, -0.05) is 0 Å². The van der Waals surface area contributed by atoms with Gasteiger partial charge in [0.05, 0.1) is 0 Å². The maximum absolute atomic E-state index is 8.58. The molecule has 0 spiro atoms. The Hall–Kier alpha value is 5.11. The molecule has 0 aromatic carbocycles. The molecule has 0 aromatic heterocycles. The Labute approximate surface area is 214 Å². The van der Waals surface area contributed by atoms with E-state index < -0.39 is 74.5 Å². The summed E-state index contributed by atoms with van der Waals surface area (Å²) in [4.78, 5) is 0. The first-order chi connectivity index (χ1) is 6.93. The second-order valence-corrected chi connectivity index (χ2v) is 4.12. The molecule has 12 nitrogen and oxygen atoms in total. The molecule has 0 atom stereocenters. The van der Waals surface area contributed by atoms with Crippen molar-refractivity contribution in [1.29, 1.82) is 0 Å². The number of rotatable bonds is 0. The molecule has 0 amide bonds. The summed E-state index contributed by atoms with van der Waals surface area (Å²) in [5.41, 5.74) is 0. The number of hydrogen-bond donors (Lipinski definition) is 0. The smallest absolute Gasteiger partial charge is 2.00 e. The van der Waals surface area contributed by atoms with Crippen LogP contribution in [0.1, 0.15) is 0 Å². The summed E-state index contributed by atoms with van der Waals surface area (Å²) in [6.07, 6.45) is 0. The summed E-state index contributed by atoms with van der Waals surface area (Å²) in [5, 5.41) is 0. The van der Waals surface area contributed by atoms with Gasteiger partial charge in [0.25, 0.3) is 0 Å². The van der Waals surface area contributed by atoms with Crippen molar-refractivity contribution in [2.24, 2.45) is 0 Å². The predicted molar refractivity (Wildman–Crippen MR) is 14.3 cm³/mol. The van der Waals surface area contributed by atoms with Crippen molar-refractivity contribution in [1.82, 2.24) is 0 Å². The molecule has 0 rings (SSSR count). The zero-order chi connectivity index (χ0) is 14.3. The van der Waals surface area contributed by atoms with Gasteiger partial charge in [-0.05, 0) is 0 Å². The third-order valence-corrected chi connectivity index (χ3v) is 0. The van der Waals surface area contributed by atoms with Gasteiger partial charge in [0.2, 0.25) is 0 Å². The molecule has 0 unspecified atom stereocenters. The molecule has 19 heteroatoms. The fourth-order valence-electron chi connectivity index (χ4n) is 0. The van der Waals surface area contributed by atoms with Crippen LogP contribution in [0.15, 0.2) is 0 Å². The van der Waals surface area contributed by atoms with Crippen LogP contribution < -0.4 is 29.5 Å². The molecule has 19 heavy (non-hydrogen) atoms. The Bertz CT molecular complexity index is 170. The SMILES string of the molecule is [Ba+2].[O]=[Ti]([O-])[O-].[O]=[Ti]([O-])[O-].[O]=[Ti]([O-])[O-].[O]=[Ti]([O-])[O-].[Pb+2].[Zr+4]. The summed E-state index contributed by atoms with van der Waals surface area (Å²) in [7, 11) is 0. The first kappa shape index (κ1) is 44.0. The van der Waals surface area contributed by atoms with Crippen LogP contribution >= 0.6 is 0 Å². The minimum absolute atomic E-state index is 0. The second kappa shape index (κ2) is 38.6. The van der Waals surface area contributed by atoms with E-state index >= 15 is 0 Å². The Kier molecular flexibility index (Phi) is 89.3. The van der Waals surface area contributed by atoms with Gasteiger partial charge in [0.15, 0.2) is 0 Å². The maximum Gasteiger partial charge on any atom is 4.00 e. The topological polar surface area (TPSA) is 253 Å². The Morgan fingerprint density at radius 2 is 0.474 bits per heavy atom. The predicted octanol–water partition coefficient (Wildman–Crippen LogP) is -10.8. The molecule has 0 aliphatic rings. The van der Waals surface area contributed by atoms with Gasteiger partial charge in [-0.2, -0.15) is 0 Å². The molecule has 0 aromatic rings. The quantitative estimate of drug-likeness (QED) is 0.207. The van der Waals surface area contributed by atoms with Crippen molar-refractivity contribution >= 4 is 76.2 Å². The van der Waals surface area contributed by atoms with Crippen molar-refractivity contribution < 1.29 is 143 Å². The van der Waals surface area contributed by atoms with Crippen molar-refractivity contribution in [2.45, 2.75) is 0 Å². The molecule has 0 aliphatic heterocycles. The fourth-order valence-corrected chi connectivity index (χ4v) is 0. The Balaban J connectivity index is -0.0000000192. The van der Waals surface area contributed by atoms with Crippen LogP contribution in [0, 0.1) is 0 Å². The third kappa shape index (κ3) is 394. The zero-order valence-corrected chi connectivity index (χ0v) is 25.6. The van der Waals surface area contributed by atoms with E-state index in [4.69, 9.17) is 42.8 Å². The summed E-state index contributed by atoms with van der Waals surface area (Å²) in [6.45, 7) is 0. The molecule has 0 bridgehead atoms. The molecule has 0 aliphatic carbocycles. The largest absolute Gasteiger partial charge is 4.00 e. The maximum atomic E-state index is 8.58. The fraction of sp³-hybridized carbons (Fsp3) is 0. The molecule has 0 heterocycles. The Morgan fingerprint density at radius 3 is 0.474 bits per heavy atom. The van der Waals surface area contributed by atoms with Gasteiger partial charge < -0.3 is 0 Å². The van der Waals surface area contributed by atoms with Gasteiger partial charge >= 0.3 is 220 Å². The summed E-state index contributed by atoms with van der Waals surface area (Å²) >= 11 is -16.3. The van der Waals surface area contributed by atoms with E-state index in [1.807, 2.05) is 0 Å². The van der Waals surface area contributed by atoms with Crippen LogP contribution in [-0.4, -0.2) is 76.2 Å². The van der Waals surface area contributed by atoms with Gasteiger partial charge in [0.1, 0.15) is 0 Å². The minimum Gasteiger partial charge on any atom is 2.00 e. The molecule has 0 saturated carbocycles. The first-order valence-corrected chi connectivity index (χ1v) is 10.1. The van der Waals surface area contributed by atoms with Crippen LogP contribution in [0.4, 0.5) is 0 Å². The average molecular weight is 819 g/mol. The first-order valence-electron chi connectivity index (χ1n) is 2.45. The van der Waals surface area contributed by atoms with Crippen molar-refractivity contribution in [3.63, 3.8) is 0 Å². The summed E-state index contributed by atoms with van der Waals surface area (Å²) < 4.78 is 103. The zero-order valence-electron chi connectivity index (χ0n) is 8.61. The molecule has 98 valence electrons. The normalized spacial score (nSPS) is 5.47. The molecule has 2 radical (unpaired) electrons. The Morgan fingerprint density at radius 1 is 0.474 bits per heavy atom. The molecular formula is BaO12PbTi4Zr. The van der Waals surface area contributed by atoms with Crippen LogP contribution in [0.5, 0.6) is 0 Å². The van der Waals surface area contributed by atoms with E-state index in [-0.39, 0.29) is 102 Å². The van der Waals surface area contributed by atoms with Crippen LogP contribution in [0.2, 0.25) is 0 Å². The average Bonchev–Trinajstić information content (AvgIpc) is 1.76. The van der Waals surface area contributed by atoms with Crippen LogP contribution in [-0.2, 0) is 114 Å². The summed E-state index contributed by atoms with van der Waals surface area (Å²) in [5.74, 6) is 0. The van der Waals surface area contributed by atoms with Gasteiger partial charge in [0, 0.05) is 0 Å². The van der Waals surface area contributed by atoms with E-state index in [0.717, 1.165) is 0 Å². The molecule has 0 fully saturated rings. The van der Waals surface area contributed by atoms with Gasteiger partial charge in [-0.15, -0.1) is 0 Å². The monoisotopic (exact) mass is 820 g/mol. The standard InChI is InChI=1S/Ba.12O.Pb.4Ti.Zr/q+2;;;;;8*-1;+2;;;;;+4. The summed E-state index contributed by atoms with van der Waals surface area (Å²) in [6, 6.07) is 0. The van der Waals surface area contributed by atoms with Gasteiger partial charge in [-0.25, -0.2) is 0 Å². The van der Waals surface area contributed by atoms with Gasteiger partial charge in [-0.3, -0.25) is 0 Å². The van der Waals surface area contributed by atoms with E-state index in [2.05, 4.69) is 0 Å². The van der Waals surface area contributed by atoms with Crippen molar-refractivity contribution in [3.8, 4) is 0 Å². The molecule has 0 N–H and O–H groups in total.